The number of hydrogen-bond donors (Lipinski definition) is 1. The van der Waals surface area contributed by atoms with Crippen molar-refractivity contribution in [2.45, 2.75) is 27.3 Å². The first kappa shape index (κ1) is 15.9. The predicted molar refractivity (Wildman–Crippen MR) is 96.2 cm³/mol. The minimum Gasteiger partial charge on any atom is -0.381 e. The van der Waals surface area contributed by atoms with E-state index in [2.05, 4.69) is 89.4 Å². The maximum Gasteiger partial charge on any atom is 0.0411 e. The molecule has 2 aromatic rings. The van der Waals surface area contributed by atoms with Crippen molar-refractivity contribution in [3.05, 3.63) is 58.1 Å². The standard InChI is InChI=1S/C18H23BrN2/c1-4-21(5-2)17-10-8-16(9-11-17)20-13-15-7-6-14(3)12-18(15)19/h6-12,20H,4-5,13H2,1-3H3. The van der Waals surface area contributed by atoms with Crippen molar-refractivity contribution >= 4 is 27.3 Å². The highest BCUT2D eigenvalue weighted by Gasteiger charge is 2.03. The molecule has 0 fully saturated rings. The third kappa shape index (κ3) is 4.24. The summed E-state index contributed by atoms with van der Waals surface area (Å²) in [6.07, 6.45) is 0. The topological polar surface area (TPSA) is 15.3 Å². The van der Waals surface area contributed by atoms with E-state index in [1.165, 1.54) is 16.8 Å². The normalized spacial score (nSPS) is 10.5. The molecule has 0 spiro atoms. The van der Waals surface area contributed by atoms with Crippen LogP contribution in [0.2, 0.25) is 0 Å². The van der Waals surface area contributed by atoms with E-state index < -0.39 is 0 Å². The third-order valence-corrected chi connectivity index (χ3v) is 4.43. The Balaban J connectivity index is 2.00. The molecule has 0 radical (unpaired) electrons. The van der Waals surface area contributed by atoms with Gasteiger partial charge in [-0.25, -0.2) is 0 Å². The summed E-state index contributed by atoms with van der Waals surface area (Å²) >= 11 is 3.62. The first-order chi connectivity index (χ1) is 10.1. The largest absolute Gasteiger partial charge is 0.381 e. The Labute approximate surface area is 136 Å². The smallest absolute Gasteiger partial charge is 0.0411 e. The summed E-state index contributed by atoms with van der Waals surface area (Å²) in [7, 11) is 0. The van der Waals surface area contributed by atoms with E-state index in [9.17, 15) is 0 Å². The van der Waals surface area contributed by atoms with Crippen molar-refractivity contribution in [3.63, 3.8) is 0 Å². The molecule has 0 heterocycles. The average molecular weight is 347 g/mol. The zero-order valence-corrected chi connectivity index (χ0v) is 14.6. The lowest BCUT2D eigenvalue weighted by molar-refractivity contribution is 0.866. The molecule has 3 heteroatoms. The van der Waals surface area contributed by atoms with Gasteiger partial charge in [-0.2, -0.15) is 0 Å². The van der Waals surface area contributed by atoms with Gasteiger partial charge in [0.2, 0.25) is 0 Å². The number of aryl methyl sites for hydroxylation is 1. The molecule has 0 bridgehead atoms. The number of benzene rings is 2. The van der Waals surface area contributed by atoms with Crippen LogP contribution in [0.4, 0.5) is 11.4 Å². The number of nitrogens with zero attached hydrogens (tertiary/aromatic N) is 1. The Kier molecular flexibility index (Phi) is 5.68. The SMILES string of the molecule is CCN(CC)c1ccc(NCc2ccc(C)cc2Br)cc1. The second kappa shape index (κ2) is 7.51. The van der Waals surface area contributed by atoms with Crippen LogP contribution in [0.15, 0.2) is 46.9 Å². The number of halogens is 1. The van der Waals surface area contributed by atoms with E-state index >= 15 is 0 Å². The number of anilines is 2. The van der Waals surface area contributed by atoms with Crippen LogP contribution >= 0.6 is 15.9 Å². The fourth-order valence-electron chi connectivity index (χ4n) is 2.37. The number of nitrogens with one attached hydrogen (secondary N) is 1. The van der Waals surface area contributed by atoms with Crippen molar-refractivity contribution < 1.29 is 0 Å². The number of hydrogen-bond acceptors (Lipinski definition) is 2. The maximum atomic E-state index is 3.62. The molecule has 2 aromatic carbocycles. The van der Waals surface area contributed by atoms with Crippen LogP contribution in [0.5, 0.6) is 0 Å². The molecule has 2 nitrogen and oxygen atoms in total. The zero-order chi connectivity index (χ0) is 15.2. The summed E-state index contributed by atoms with van der Waals surface area (Å²) in [5.74, 6) is 0. The van der Waals surface area contributed by atoms with E-state index in [-0.39, 0.29) is 0 Å². The third-order valence-electron chi connectivity index (χ3n) is 3.69. The summed E-state index contributed by atoms with van der Waals surface area (Å²) in [5, 5.41) is 3.47. The summed E-state index contributed by atoms with van der Waals surface area (Å²) < 4.78 is 1.16. The first-order valence-corrected chi connectivity index (χ1v) is 8.27. The molecule has 0 aliphatic heterocycles. The van der Waals surface area contributed by atoms with E-state index in [1.54, 1.807) is 0 Å². The molecule has 1 N–H and O–H groups in total. The quantitative estimate of drug-likeness (QED) is 0.771. The van der Waals surface area contributed by atoms with Gasteiger partial charge >= 0.3 is 0 Å². The van der Waals surface area contributed by atoms with Crippen LogP contribution in [0.1, 0.15) is 25.0 Å². The second-order valence-electron chi connectivity index (χ2n) is 5.17. The molecule has 0 aliphatic rings. The van der Waals surface area contributed by atoms with Crippen LogP contribution in [0.25, 0.3) is 0 Å². The molecular formula is C18H23BrN2. The van der Waals surface area contributed by atoms with Crippen LogP contribution < -0.4 is 10.2 Å². The lowest BCUT2D eigenvalue weighted by Gasteiger charge is -2.21. The van der Waals surface area contributed by atoms with Gasteiger partial charge in [-0.05, 0) is 62.2 Å². The van der Waals surface area contributed by atoms with Crippen LogP contribution in [-0.4, -0.2) is 13.1 Å². The molecule has 2 rings (SSSR count). The molecule has 21 heavy (non-hydrogen) atoms. The van der Waals surface area contributed by atoms with Crippen LogP contribution in [0.3, 0.4) is 0 Å². The highest BCUT2D eigenvalue weighted by molar-refractivity contribution is 9.10. The molecule has 0 atom stereocenters. The van der Waals surface area contributed by atoms with Gasteiger partial charge in [0.05, 0.1) is 0 Å². The molecule has 0 saturated carbocycles. The predicted octanol–water partition coefficient (Wildman–Crippen LogP) is 5.22. The van der Waals surface area contributed by atoms with Gasteiger partial charge in [0, 0.05) is 35.5 Å². The Hall–Kier alpha value is -1.48. The zero-order valence-electron chi connectivity index (χ0n) is 13.0. The van der Waals surface area contributed by atoms with E-state index in [4.69, 9.17) is 0 Å². The molecule has 112 valence electrons. The summed E-state index contributed by atoms with van der Waals surface area (Å²) in [6, 6.07) is 15.1. The Morgan fingerprint density at radius 2 is 1.67 bits per heavy atom. The van der Waals surface area contributed by atoms with Crippen molar-refractivity contribution in [3.8, 4) is 0 Å². The van der Waals surface area contributed by atoms with Crippen molar-refractivity contribution in [1.82, 2.24) is 0 Å². The molecular weight excluding hydrogens is 324 g/mol. The average Bonchev–Trinajstić information content (AvgIpc) is 2.49. The minimum atomic E-state index is 0.825. The monoisotopic (exact) mass is 346 g/mol. The van der Waals surface area contributed by atoms with Crippen molar-refractivity contribution in [2.24, 2.45) is 0 Å². The summed E-state index contributed by atoms with van der Waals surface area (Å²) in [5.41, 5.74) is 4.98. The van der Waals surface area contributed by atoms with Crippen LogP contribution in [0, 0.1) is 6.92 Å². The minimum absolute atomic E-state index is 0.825. The van der Waals surface area contributed by atoms with Gasteiger partial charge in [0.1, 0.15) is 0 Å². The van der Waals surface area contributed by atoms with Crippen LogP contribution in [-0.2, 0) is 6.54 Å². The van der Waals surface area contributed by atoms with E-state index in [0.717, 1.165) is 29.8 Å². The van der Waals surface area contributed by atoms with Gasteiger partial charge in [0.15, 0.2) is 0 Å². The number of rotatable bonds is 6. The highest BCUT2D eigenvalue weighted by atomic mass is 79.9. The second-order valence-corrected chi connectivity index (χ2v) is 6.02. The summed E-state index contributed by atoms with van der Waals surface area (Å²) in [6.45, 7) is 9.38. The molecule has 0 aromatic heterocycles. The Morgan fingerprint density at radius 3 is 2.24 bits per heavy atom. The van der Waals surface area contributed by atoms with Gasteiger partial charge in [0.25, 0.3) is 0 Å². The lowest BCUT2D eigenvalue weighted by Crippen LogP contribution is -2.21. The fourth-order valence-corrected chi connectivity index (χ4v) is 3.01. The summed E-state index contributed by atoms with van der Waals surface area (Å²) in [4.78, 5) is 2.35. The maximum absolute atomic E-state index is 3.62. The first-order valence-electron chi connectivity index (χ1n) is 7.48. The van der Waals surface area contributed by atoms with Crippen molar-refractivity contribution in [2.75, 3.05) is 23.3 Å². The highest BCUT2D eigenvalue weighted by Crippen LogP contribution is 2.21. The lowest BCUT2D eigenvalue weighted by atomic mass is 10.1. The van der Waals surface area contributed by atoms with E-state index in [1.807, 2.05) is 0 Å². The van der Waals surface area contributed by atoms with Crippen molar-refractivity contribution in [1.29, 1.82) is 0 Å². The van der Waals surface area contributed by atoms with Gasteiger partial charge < -0.3 is 10.2 Å². The Morgan fingerprint density at radius 1 is 1.00 bits per heavy atom. The Bertz CT molecular complexity index is 574. The van der Waals surface area contributed by atoms with Gasteiger partial charge in [-0.3, -0.25) is 0 Å². The fraction of sp³-hybridized carbons (Fsp3) is 0.333. The van der Waals surface area contributed by atoms with Gasteiger partial charge in [-0.1, -0.05) is 28.1 Å². The molecule has 0 saturated heterocycles. The molecule has 0 unspecified atom stereocenters. The molecule has 0 amide bonds. The van der Waals surface area contributed by atoms with Gasteiger partial charge in [-0.15, -0.1) is 0 Å². The molecule has 0 aliphatic carbocycles. The van der Waals surface area contributed by atoms with E-state index in [0.29, 0.717) is 0 Å².